The highest BCUT2D eigenvalue weighted by Gasteiger charge is 2.42. The molecule has 0 radical (unpaired) electrons. The molecule has 2 saturated heterocycles. The van der Waals surface area contributed by atoms with Crippen molar-refractivity contribution in [2.24, 2.45) is 0 Å². The van der Waals surface area contributed by atoms with Gasteiger partial charge in [0.2, 0.25) is 11.8 Å². The summed E-state index contributed by atoms with van der Waals surface area (Å²) in [5.41, 5.74) is 1.05. The summed E-state index contributed by atoms with van der Waals surface area (Å²) in [7, 11) is 1.61. The van der Waals surface area contributed by atoms with E-state index in [9.17, 15) is 0 Å². The number of methoxy groups -OCH3 is 1. The summed E-state index contributed by atoms with van der Waals surface area (Å²) in [4.78, 5) is 8.76. The van der Waals surface area contributed by atoms with Gasteiger partial charge in [-0.3, -0.25) is 0 Å². The Bertz CT molecular complexity index is 625. The fourth-order valence-corrected chi connectivity index (χ4v) is 3.41. The van der Waals surface area contributed by atoms with Crippen LogP contribution < -0.4 is 10.1 Å². The molecule has 2 aliphatic rings. The molecule has 0 saturated carbocycles. The zero-order chi connectivity index (χ0) is 14.2. The van der Waals surface area contributed by atoms with Gasteiger partial charge in [0.05, 0.1) is 13.0 Å². The van der Waals surface area contributed by atoms with Crippen molar-refractivity contribution >= 4 is 0 Å². The molecule has 110 valence electrons. The number of hydrogen-bond donors (Lipinski definition) is 1. The number of aromatic nitrogens is 3. The molecule has 6 nitrogen and oxygen atoms in total. The smallest absolute Gasteiger partial charge is 0.231 e. The van der Waals surface area contributed by atoms with Crippen molar-refractivity contribution in [1.29, 1.82) is 0 Å². The van der Waals surface area contributed by atoms with Gasteiger partial charge in [0.1, 0.15) is 0 Å². The van der Waals surface area contributed by atoms with Crippen LogP contribution in [0.4, 0.5) is 0 Å². The van der Waals surface area contributed by atoms with Crippen molar-refractivity contribution in [2.75, 3.05) is 7.11 Å². The van der Waals surface area contributed by atoms with E-state index in [2.05, 4.69) is 20.4 Å². The predicted octanol–water partition coefficient (Wildman–Crippen LogP) is 1.67. The Morgan fingerprint density at radius 3 is 3.00 bits per heavy atom. The van der Waals surface area contributed by atoms with Crippen molar-refractivity contribution in [2.45, 2.75) is 43.7 Å². The van der Waals surface area contributed by atoms with Gasteiger partial charge in [-0.05, 0) is 24.8 Å². The Hall–Kier alpha value is -1.95. The first-order valence-electron chi connectivity index (χ1n) is 7.39. The lowest BCUT2D eigenvalue weighted by Gasteiger charge is -2.15. The molecule has 2 fully saturated rings. The predicted molar refractivity (Wildman–Crippen MR) is 75.2 cm³/mol. The third kappa shape index (κ3) is 2.40. The minimum Gasteiger partial charge on any atom is -0.481 e. The lowest BCUT2D eigenvalue weighted by atomic mass is 9.89. The molecule has 0 amide bonds. The SMILES string of the molecule is COc1ccc(Cc2noc([C@@H]3C[C@@H]4CC[C@H]3N4)n2)cn1. The summed E-state index contributed by atoms with van der Waals surface area (Å²) < 4.78 is 10.5. The zero-order valence-corrected chi connectivity index (χ0v) is 12.0. The van der Waals surface area contributed by atoms with Crippen LogP contribution in [-0.2, 0) is 6.42 Å². The van der Waals surface area contributed by atoms with Gasteiger partial charge in [0.25, 0.3) is 0 Å². The van der Waals surface area contributed by atoms with E-state index in [1.54, 1.807) is 13.3 Å². The van der Waals surface area contributed by atoms with E-state index in [1.807, 2.05) is 12.1 Å². The minimum absolute atomic E-state index is 0.388. The van der Waals surface area contributed by atoms with E-state index in [0.717, 1.165) is 23.7 Å². The van der Waals surface area contributed by atoms with E-state index in [-0.39, 0.29) is 0 Å². The van der Waals surface area contributed by atoms with Crippen LogP contribution in [0.15, 0.2) is 22.9 Å². The summed E-state index contributed by atoms with van der Waals surface area (Å²) in [6.07, 6.45) is 6.04. The van der Waals surface area contributed by atoms with Gasteiger partial charge in [0.15, 0.2) is 5.82 Å². The van der Waals surface area contributed by atoms with Crippen LogP contribution in [0.25, 0.3) is 0 Å². The molecule has 21 heavy (non-hydrogen) atoms. The number of rotatable bonds is 4. The van der Waals surface area contributed by atoms with Crippen molar-refractivity contribution in [3.8, 4) is 5.88 Å². The van der Waals surface area contributed by atoms with Crippen LogP contribution in [0, 0.1) is 0 Å². The third-order valence-corrected chi connectivity index (χ3v) is 4.47. The zero-order valence-electron chi connectivity index (χ0n) is 12.0. The Morgan fingerprint density at radius 2 is 2.33 bits per heavy atom. The Balaban J connectivity index is 1.46. The summed E-state index contributed by atoms with van der Waals surface area (Å²) >= 11 is 0. The fraction of sp³-hybridized carbons (Fsp3) is 0.533. The summed E-state index contributed by atoms with van der Waals surface area (Å²) in [6.45, 7) is 0. The number of nitrogens with zero attached hydrogens (tertiary/aromatic N) is 3. The maximum Gasteiger partial charge on any atom is 0.231 e. The van der Waals surface area contributed by atoms with E-state index >= 15 is 0 Å². The molecule has 0 aromatic carbocycles. The van der Waals surface area contributed by atoms with Crippen LogP contribution in [0.3, 0.4) is 0 Å². The lowest BCUT2D eigenvalue weighted by molar-refractivity contribution is 0.327. The first kappa shape index (κ1) is 12.8. The molecule has 4 heterocycles. The molecule has 2 aromatic heterocycles. The highest BCUT2D eigenvalue weighted by Crippen LogP contribution is 2.39. The average molecular weight is 286 g/mol. The first-order chi connectivity index (χ1) is 10.3. The van der Waals surface area contributed by atoms with Crippen LogP contribution in [0.1, 0.15) is 42.5 Å². The molecule has 6 heteroatoms. The van der Waals surface area contributed by atoms with E-state index in [4.69, 9.17) is 9.26 Å². The fourth-order valence-electron chi connectivity index (χ4n) is 3.41. The maximum absolute atomic E-state index is 5.47. The van der Waals surface area contributed by atoms with Gasteiger partial charge in [-0.25, -0.2) is 4.98 Å². The maximum atomic E-state index is 5.47. The minimum atomic E-state index is 0.388. The van der Waals surface area contributed by atoms with Gasteiger partial charge in [0, 0.05) is 30.8 Å². The molecular formula is C15H18N4O2. The molecule has 2 aliphatic heterocycles. The van der Waals surface area contributed by atoms with Crippen molar-refractivity contribution in [3.63, 3.8) is 0 Å². The number of fused-ring (bicyclic) bond motifs is 2. The van der Waals surface area contributed by atoms with Crippen LogP contribution >= 0.6 is 0 Å². The second-order valence-corrected chi connectivity index (χ2v) is 5.82. The van der Waals surface area contributed by atoms with Gasteiger partial charge in [-0.2, -0.15) is 4.98 Å². The van der Waals surface area contributed by atoms with E-state index < -0.39 is 0 Å². The van der Waals surface area contributed by atoms with Gasteiger partial charge >= 0.3 is 0 Å². The molecule has 1 N–H and O–H groups in total. The largest absolute Gasteiger partial charge is 0.481 e. The quantitative estimate of drug-likeness (QED) is 0.921. The molecule has 3 atom stereocenters. The Labute approximate surface area is 122 Å². The molecule has 0 unspecified atom stereocenters. The van der Waals surface area contributed by atoms with Crippen LogP contribution in [0.5, 0.6) is 5.88 Å². The number of nitrogens with one attached hydrogen (secondary N) is 1. The Kier molecular flexibility index (Phi) is 3.11. The van der Waals surface area contributed by atoms with Crippen LogP contribution in [0.2, 0.25) is 0 Å². The molecule has 2 aromatic rings. The molecule has 4 rings (SSSR count). The highest BCUT2D eigenvalue weighted by molar-refractivity contribution is 5.21. The molecule has 2 bridgehead atoms. The second kappa shape index (κ2) is 5.11. The van der Waals surface area contributed by atoms with E-state index in [1.165, 1.54) is 12.8 Å². The summed E-state index contributed by atoms with van der Waals surface area (Å²) in [5, 5.41) is 7.71. The van der Waals surface area contributed by atoms with E-state index in [0.29, 0.717) is 30.3 Å². The Morgan fingerprint density at radius 1 is 1.38 bits per heavy atom. The molecule has 0 spiro atoms. The number of ether oxygens (including phenoxy) is 1. The third-order valence-electron chi connectivity index (χ3n) is 4.47. The topological polar surface area (TPSA) is 73.1 Å². The normalized spacial score (nSPS) is 27.2. The van der Waals surface area contributed by atoms with Crippen molar-refractivity contribution in [1.82, 2.24) is 20.4 Å². The summed E-state index contributed by atoms with van der Waals surface area (Å²) in [5.74, 6) is 2.51. The van der Waals surface area contributed by atoms with Gasteiger partial charge < -0.3 is 14.6 Å². The van der Waals surface area contributed by atoms with Gasteiger partial charge in [-0.1, -0.05) is 11.2 Å². The molecular weight excluding hydrogens is 268 g/mol. The second-order valence-electron chi connectivity index (χ2n) is 5.82. The lowest BCUT2D eigenvalue weighted by Crippen LogP contribution is -2.21. The number of pyridine rings is 1. The summed E-state index contributed by atoms with van der Waals surface area (Å²) in [6, 6.07) is 4.98. The average Bonchev–Trinajstić information content (AvgIpc) is 3.24. The monoisotopic (exact) mass is 286 g/mol. The van der Waals surface area contributed by atoms with Crippen molar-refractivity contribution in [3.05, 3.63) is 35.6 Å². The first-order valence-corrected chi connectivity index (χ1v) is 7.39. The van der Waals surface area contributed by atoms with Crippen LogP contribution in [-0.4, -0.2) is 34.3 Å². The number of hydrogen-bond acceptors (Lipinski definition) is 6. The van der Waals surface area contributed by atoms with Gasteiger partial charge in [-0.15, -0.1) is 0 Å². The van der Waals surface area contributed by atoms with Crippen molar-refractivity contribution < 1.29 is 9.26 Å². The highest BCUT2D eigenvalue weighted by atomic mass is 16.5. The molecule has 0 aliphatic carbocycles. The standard InChI is InChI=1S/C15H18N4O2/c1-20-14-5-2-9(8-16-14)6-13-18-15(21-19-13)11-7-10-3-4-12(11)17-10/h2,5,8,10-12,17H,3-4,6-7H2,1H3/t10-,11+,12+/m0/s1.